The maximum atomic E-state index is 12.2. The zero-order chi connectivity index (χ0) is 17.6. The summed E-state index contributed by atoms with van der Waals surface area (Å²) in [5.74, 6) is -0.190. The van der Waals surface area contributed by atoms with Crippen molar-refractivity contribution in [3.05, 3.63) is 46.8 Å². The van der Waals surface area contributed by atoms with Crippen LogP contribution in [0.4, 0.5) is 16.6 Å². The number of thioether (sulfide) groups is 1. The second kappa shape index (κ2) is 8.10. The Morgan fingerprint density at radius 3 is 2.72 bits per heavy atom. The lowest BCUT2D eigenvalue weighted by atomic mass is 10.3. The van der Waals surface area contributed by atoms with Gasteiger partial charge in [-0.1, -0.05) is 30.0 Å². The third-order valence-electron chi connectivity index (χ3n) is 2.88. The van der Waals surface area contributed by atoms with Crippen LogP contribution in [0.3, 0.4) is 0 Å². The fourth-order valence-electron chi connectivity index (χ4n) is 1.82. The molecule has 2 aromatic heterocycles. The summed E-state index contributed by atoms with van der Waals surface area (Å²) in [4.78, 5) is 32.6. The van der Waals surface area contributed by atoms with Gasteiger partial charge in [0.05, 0.1) is 5.75 Å². The monoisotopic (exact) mass is 391 g/mol. The van der Waals surface area contributed by atoms with Crippen LogP contribution in [0.1, 0.15) is 9.67 Å². The van der Waals surface area contributed by atoms with Crippen molar-refractivity contribution in [2.45, 2.75) is 4.34 Å². The second-order valence-corrected chi connectivity index (χ2v) is 7.80. The number of hydrogen-bond donors (Lipinski definition) is 3. The summed E-state index contributed by atoms with van der Waals surface area (Å²) < 4.78 is 0.560. The van der Waals surface area contributed by atoms with Gasteiger partial charge in [0.2, 0.25) is 5.91 Å². The molecule has 2 heterocycles. The van der Waals surface area contributed by atoms with Crippen LogP contribution >= 0.6 is 34.4 Å². The molecule has 0 spiro atoms. The van der Waals surface area contributed by atoms with Gasteiger partial charge in [-0.15, -0.1) is 22.7 Å². The van der Waals surface area contributed by atoms with E-state index in [1.54, 1.807) is 11.6 Å². The lowest BCUT2D eigenvalue weighted by molar-refractivity contribution is -0.113. The van der Waals surface area contributed by atoms with Gasteiger partial charge < -0.3 is 11.1 Å². The number of carbonyl (C=O) groups excluding carboxylic acids is 2. The van der Waals surface area contributed by atoms with E-state index in [1.165, 1.54) is 23.1 Å². The first-order chi connectivity index (χ1) is 12.1. The molecule has 0 unspecified atom stereocenters. The number of nitrogens with zero attached hydrogens (tertiary/aromatic N) is 2. The summed E-state index contributed by atoms with van der Waals surface area (Å²) in [5.41, 5.74) is 6.54. The molecule has 1 aromatic carbocycles. The number of anilines is 3. The van der Waals surface area contributed by atoms with Crippen LogP contribution in [0.5, 0.6) is 0 Å². The number of thiazole rings is 2. The first-order valence-corrected chi connectivity index (χ1v) is 9.75. The van der Waals surface area contributed by atoms with Gasteiger partial charge in [0.1, 0.15) is 10.7 Å². The molecule has 3 aromatic rings. The van der Waals surface area contributed by atoms with Crippen molar-refractivity contribution in [3.8, 4) is 0 Å². The maximum Gasteiger partial charge on any atom is 0.271 e. The number of nitrogen functional groups attached to an aromatic ring is 1. The molecule has 4 N–H and O–H groups in total. The van der Waals surface area contributed by atoms with E-state index in [0.29, 0.717) is 14.3 Å². The molecule has 0 atom stereocenters. The third-order valence-corrected chi connectivity index (χ3v) is 5.78. The zero-order valence-electron chi connectivity index (χ0n) is 12.8. The molecule has 0 bridgehead atoms. The summed E-state index contributed by atoms with van der Waals surface area (Å²) in [5, 5.41) is 7.70. The average Bonchev–Trinajstić information content (AvgIpc) is 3.23. The van der Waals surface area contributed by atoms with Crippen LogP contribution < -0.4 is 16.4 Å². The number of rotatable bonds is 6. The van der Waals surface area contributed by atoms with Crippen LogP contribution in [-0.4, -0.2) is 27.5 Å². The molecule has 128 valence electrons. The highest BCUT2D eigenvalue weighted by Gasteiger charge is 2.18. The van der Waals surface area contributed by atoms with Gasteiger partial charge in [-0.05, 0) is 12.1 Å². The van der Waals surface area contributed by atoms with Gasteiger partial charge in [-0.2, -0.15) is 0 Å². The van der Waals surface area contributed by atoms with Gasteiger partial charge in [0.25, 0.3) is 5.91 Å². The number of carbonyl (C=O) groups is 2. The summed E-state index contributed by atoms with van der Waals surface area (Å²) in [6.07, 6.45) is 1.60. The zero-order valence-corrected chi connectivity index (χ0v) is 15.2. The molecule has 2 amide bonds. The van der Waals surface area contributed by atoms with E-state index >= 15 is 0 Å². The normalized spacial score (nSPS) is 10.4. The topological polar surface area (TPSA) is 110 Å². The Morgan fingerprint density at radius 1 is 1.20 bits per heavy atom. The van der Waals surface area contributed by atoms with Gasteiger partial charge in [0.15, 0.2) is 9.47 Å². The second-order valence-electron chi connectivity index (χ2n) is 4.69. The number of nitrogens with two attached hydrogens (primary N) is 1. The van der Waals surface area contributed by atoms with Gasteiger partial charge in [0, 0.05) is 17.3 Å². The van der Waals surface area contributed by atoms with E-state index < -0.39 is 0 Å². The summed E-state index contributed by atoms with van der Waals surface area (Å²) in [6.45, 7) is 0. The lowest BCUT2D eigenvalue weighted by Crippen LogP contribution is -2.13. The Bertz CT molecular complexity index is 865. The molecule has 0 fully saturated rings. The first kappa shape index (κ1) is 17.4. The van der Waals surface area contributed by atoms with Crippen LogP contribution in [0.2, 0.25) is 0 Å². The molecule has 25 heavy (non-hydrogen) atoms. The Balaban J connectivity index is 1.57. The molecule has 3 rings (SSSR count). The fraction of sp³-hybridized carbons (Fsp3) is 0.0667. The first-order valence-electron chi connectivity index (χ1n) is 7.06. The van der Waals surface area contributed by atoms with Crippen molar-refractivity contribution in [2.75, 3.05) is 22.1 Å². The number of nitrogens with one attached hydrogen (secondary N) is 2. The predicted molar refractivity (Wildman–Crippen MR) is 102 cm³/mol. The molecular formula is C15H13N5O2S3. The van der Waals surface area contributed by atoms with Crippen molar-refractivity contribution in [1.82, 2.24) is 9.97 Å². The van der Waals surface area contributed by atoms with Crippen LogP contribution in [0.15, 0.2) is 46.2 Å². The van der Waals surface area contributed by atoms with Crippen molar-refractivity contribution in [1.29, 1.82) is 0 Å². The molecule has 7 nitrogen and oxygen atoms in total. The van der Waals surface area contributed by atoms with Gasteiger partial charge in [-0.25, -0.2) is 9.97 Å². The van der Waals surface area contributed by atoms with Crippen molar-refractivity contribution >= 4 is 62.9 Å². The molecule has 10 heteroatoms. The number of benzene rings is 1. The molecule has 0 radical (unpaired) electrons. The molecule has 0 saturated heterocycles. The van der Waals surface area contributed by atoms with Gasteiger partial charge >= 0.3 is 0 Å². The molecule has 0 aliphatic carbocycles. The fourth-order valence-corrected chi connectivity index (χ4v) is 4.11. The summed E-state index contributed by atoms with van der Waals surface area (Å²) >= 11 is 3.70. The molecule has 0 aliphatic rings. The van der Waals surface area contributed by atoms with Crippen LogP contribution in [0, 0.1) is 0 Å². The third kappa shape index (κ3) is 4.78. The number of aromatic nitrogens is 2. The number of amides is 2. The Morgan fingerprint density at radius 2 is 2.00 bits per heavy atom. The minimum atomic E-state index is -0.356. The number of para-hydroxylation sites is 1. The summed E-state index contributed by atoms with van der Waals surface area (Å²) in [6, 6.07) is 9.19. The molecule has 0 aliphatic heterocycles. The van der Waals surface area contributed by atoms with E-state index in [9.17, 15) is 9.59 Å². The Hall–Kier alpha value is -2.43. The van der Waals surface area contributed by atoms with Crippen LogP contribution in [0.25, 0.3) is 0 Å². The minimum Gasteiger partial charge on any atom is -0.382 e. The van der Waals surface area contributed by atoms with Crippen molar-refractivity contribution in [2.24, 2.45) is 0 Å². The van der Waals surface area contributed by atoms with Gasteiger partial charge in [-0.3, -0.25) is 14.9 Å². The quantitative estimate of drug-likeness (QED) is 0.557. The minimum absolute atomic E-state index is 0.144. The number of hydrogen-bond acceptors (Lipinski definition) is 8. The SMILES string of the molecule is Nc1nc(SCC(=O)Nc2ccccc2)sc1C(=O)Nc1nccs1. The summed E-state index contributed by atoms with van der Waals surface area (Å²) in [7, 11) is 0. The lowest BCUT2D eigenvalue weighted by Gasteiger charge is -2.03. The van der Waals surface area contributed by atoms with E-state index in [0.717, 1.165) is 17.0 Å². The highest BCUT2D eigenvalue weighted by molar-refractivity contribution is 8.01. The van der Waals surface area contributed by atoms with Crippen molar-refractivity contribution in [3.63, 3.8) is 0 Å². The highest BCUT2D eigenvalue weighted by Crippen LogP contribution is 2.29. The molecular weight excluding hydrogens is 378 g/mol. The Kier molecular flexibility index (Phi) is 5.64. The van der Waals surface area contributed by atoms with Crippen molar-refractivity contribution < 1.29 is 9.59 Å². The maximum absolute atomic E-state index is 12.2. The smallest absolute Gasteiger partial charge is 0.271 e. The largest absolute Gasteiger partial charge is 0.382 e. The molecule has 0 saturated carbocycles. The Labute approximate surface area is 155 Å². The van der Waals surface area contributed by atoms with E-state index in [4.69, 9.17) is 5.73 Å². The van der Waals surface area contributed by atoms with E-state index in [-0.39, 0.29) is 23.4 Å². The highest BCUT2D eigenvalue weighted by atomic mass is 32.2. The van der Waals surface area contributed by atoms with E-state index in [2.05, 4.69) is 20.6 Å². The van der Waals surface area contributed by atoms with E-state index in [1.807, 2.05) is 30.3 Å². The standard InChI is InChI=1S/C15H13N5O2S3/c16-12-11(13(22)20-14-17-6-7-23-14)25-15(19-12)24-8-10(21)18-9-4-2-1-3-5-9/h1-7H,8,16H2,(H,18,21)(H,17,20,22). The predicted octanol–water partition coefficient (Wildman–Crippen LogP) is 3.16. The van der Waals surface area contributed by atoms with Crippen LogP contribution in [-0.2, 0) is 4.79 Å². The average molecular weight is 392 g/mol.